The number of nitrogens with zero attached hydrogens (tertiary/aromatic N) is 5. The molecular weight excluding hydrogens is 410 g/mol. The van der Waals surface area contributed by atoms with Crippen LogP contribution in [0.4, 0.5) is 15.4 Å². The predicted octanol–water partition coefficient (Wildman–Crippen LogP) is 4.30. The number of hydrogen-bond acceptors (Lipinski definition) is 7. The lowest BCUT2D eigenvalue weighted by Gasteiger charge is -2.42. The van der Waals surface area contributed by atoms with Crippen LogP contribution < -0.4 is 4.90 Å². The van der Waals surface area contributed by atoms with Crippen LogP contribution in [0.2, 0.25) is 0 Å². The molecule has 0 saturated carbocycles. The highest BCUT2D eigenvalue weighted by molar-refractivity contribution is 5.93. The number of fused-ring (bicyclic) bond motifs is 1. The van der Waals surface area contributed by atoms with E-state index in [0.29, 0.717) is 0 Å². The molecule has 1 fully saturated rings. The van der Waals surface area contributed by atoms with Crippen molar-refractivity contribution < 1.29 is 28.7 Å². The van der Waals surface area contributed by atoms with E-state index in [1.807, 2.05) is 0 Å². The van der Waals surface area contributed by atoms with Crippen LogP contribution in [0.5, 0.6) is 0 Å². The van der Waals surface area contributed by atoms with E-state index in [2.05, 4.69) is 9.97 Å². The Morgan fingerprint density at radius 3 is 2.47 bits per heavy atom. The Morgan fingerprint density at radius 2 is 1.84 bits per heavy atom. The van der Waals surface area contributed by atoms with Gasteiger partial charge in [-0.25, -0.2) is 24.1 Å². The summed E-state index contributed by atoms with van der Waals surface area (Å²) in [5, 5.41) is 0.103. The van der Waals surface area contributed by atoms with E-state index in [-0.39, 0.29) is 36.4 Å². The van der Waals surface area contributed by atoms with Crippen molar-refractivity contribution in [3.05, 3.63) is 18.6 Å². The Labute approximate surface area is 199 Å². The van der Waals surface area contributed by atoms with Crippen LogP contribution in [0, 0.1) is 5.92 Å². The SMILES string of the molecule is [2H]c1nc(N([C@H]2CN(C(=O)OC(C)(C)C)CC[C@H]2C([2H])([2H])[2H])C([2H])([2H])[2H])c2ccn(C(=O)OC(C)(C)C)c2n1. The number of rotatable bonds is 2. The second kappa shape index (κ2) is 8.60. The smallest absolute Gasteiger partial charge is 0.420 e. The maximum Gasteiger partial charge on any atom is 0.420 e. The van der Waals surface area contributed by atoms with Gasteiger partial charge in [-0.1, -0.05) is 6.85 Å². The molecule has 2 aromatic heterocycles. The molecule has 0 unspecified atom stereocenters. The summed E-state index contributed by atoms with van der Waals surface area (Å²) in [5.41, 5.74) is -1.72. The number of ether oxygens (including phenoxy) is 2. The summed E-state index contributed by atoms with van der Waals surface area (Å²) < 4.78 is 69.5. The Bertz CT molecular complexity index is 1230. The lowest BCUT2D eigenvalue weighted by atomic mass is 9.92. The summed E-state index contributed by atoms with van der Waals surface area (Å²) in [6.45, 7) is 4.38. The zero-order valence-corrected chi connectivity index (χ0v) is 19.3. The summed E-state index contributed by atoms with van der Waals surface area (Å²) in [4.78, 5) is 35.9. The normalized spacial score (nSPS) is 23.7. The summed E-state index contributed by atoms with van der Waals surface area (Å²) in [5.74, 6) is -1.40. The fourth-order valence-corrected chi connectivity index (χ4v) is 3.38. The minimum absolute atomic E-state index is 0.0200. The van der Waals surface area contributed by atoms with Crippen molar-refractivity contribution in [1.82, 2.24) is 19.4 Å². The molecule has 1 amide bonds. The van der Waals surface area contributed by atoms with Crippen molar-refractivity contribution in [2.24, 2.45) is 5.92 Å². The summed E-state index contributed by atoms with van der Waals surface area (Å²) in [6, 6.07) is 0.152. The lowest BCUT2D eigenvalue weighted by molar-refractivity contribution is 0.0165. The topological polar surface area (TPSA) is 89.8 Å². The van der Waals surface area contributed by atoms with Gasteiger partial charge in [-0.3, -0.25) is 0 Å². The molecule has 3 rings (SSSR count). The first-order chi connectivity index (χ1) is 17.6. The molecule has 1 saturated heterocycles. The third-order valence-corrected chi connectivity index (χ3v) is 4.80. The first-order valence-corrected chi connectivity index (χ1v) is 10.4. The number of carbonyl (C=O) groups is 2. The van der Waals surface area contributed by atoms with Gasteiger partial charge < -0.3 is 19.3 Å². The van der Waals surface area contributed by atoms with E-state index in [9.17, 15) is 9.59 Å². The zero-order chi connectivity index (χ0) is 29.7. The van der Waals surface area contributed by atoms with Gasteiger partial charge in [-0.05, 0) is 59.9 Å². The van der Waals surface area contributed by atoms with Gasteiger partial charge in [0.25, 0.3) is 0 Å². The van der Waals surface area contributed by atoms with Crippen LogP contribution in [0.3, 0.4) is 0 Å². The third-order valence-electron chi connectivity index (χ3n) is 4.80. The van der Waals surface area contributed by atoms with E-state index in [1.54, 1.807) is 41.5 Å². The molecule has 2 atom stereocenters. The van der Waals surface area contributed by atoms with Gasteiger partial charge in [0, 0.05) is 34.5 Å². The molecule has 9 heteroatoms. The molecule has 0 spiro atoms. The van der Waals surface area contributed by atoms with Crippen molar-refractivity contribution in [3.63, 3.8) is 0 Å². The lowest BCUT2D eigenvalue weighted by Crippen LogP contribution is -2.53. The average Bonchev–Trinajstić information content (AvgIpc) is 3.13. The van der Waals surface area contributed by atoms with Gasteiger partial charge >= 0.3 is 12.2 Å². The monoisotopic (exact) mass is 452 g/mol. The molecule has 0 bridgehead atoms. The predicted molar refractivity (Wildman–Crippen MR) is 123 cm³/mol. The van der Waals surface area contributed by atoms with E-state index < -0.39 is 55.5 Å². The molecular formula is C23H35N5O4. The molecule has 176 valence electrons. The van der Waals surface area contributed by atoms with Crippen LogP contribution in [-0.2, 0) is 9.47 Å². The summed E-state index contributed by atoms with van der Waals surface area (Å²) in [6.07, 6.45) is -0.777. The summed E-state index contributed by atoms with van der Waals surface area (Å²) in [7, 11) is 0. The molecule has 0 aliphatic carbocycles. The van der Waals surface area contributed by atoms with Gasteiger partial charge in [0.1, 0.15) is 24.7 Å². The van der Waals surface area contributed by atoms with Crippen molar-refractivity contribution in [1.29, 1.82) is 0 Å². The maximum absolute atomic E-state index is 12.9. The molecule has 32 heavy (non-hydrogen) atoms. The third kappa shape index (κ3) is 5.31. The first-order valence-electron chi connectivity index (χ1n) is 13.9. The van der Waals surface area contributed by atoms with E-state index in [0.717, 1.165) is 9.47 Å². The quantitative estimate of drug-likeness (QED) is 0.671. The van der Waals surface area contributed by atoms with E-state index in [4.69, 9.17) is 19.1 Å². The molecule has 1 aliphatic heterocycles. The maximum atomic E-state index is 12.9. The van der Waals surface area contributed by atoms with E-state index in [1.165, 1.54) is 17.2 Å². The molecule has 9 nitrogen and oxygen atoms in total. The van der Waals surface area contributed by atoms with Gasteiger partial charge in [0.2, 0.25) is 0 Å². The van der Waals surface area contributed by atoms with Gasteiger partial charge in [-0.2, -0.15) is 0 Å². The molecule has 3 heterocycles. The minimum Gasteiger partial charge on any atom is -0.444 e. The van der Waals surface area contributed by atoms with Crippen LogP contribution >= 0.6 is 0 Å². The molecule has 0 N–H and O–H groups in total. The van der Waals surface area contributed by atoms with Gasteiger partial charge in [0.05, 0.1) is 11.4 Å². The Balaban J connectivity index is 2.17. The second-order valence-electron chi connectivity index (χ2n) is 9.81. The number of amides is 1. The van der Waals surface area contributed by atoms with Crippen LogP contribution in [0.1, 0.15) is 64.4 Å². The molecule has 0 aromatic carbocycles. The Kier molecular flexibility index (Phi) is 4.27. The van der Waals surface area contributed by atoms with Gasteiger partial charge in [0.15, 0.2) is 5.65 Å². The van der Waals surface area contributed by atoms with Crippen molar-refractivity contribution in [3.8, 4) is 0 Å². The Hall–Kier alpha value is -2.84. The number of likely N-dealkylation sites (N-methyl/N-ethyl adjacent to an activating group) is 1. The highest BCUT2D eigenvalue weighted by Crippen LogP contribution is 2.30. The Morgan fingerprint density at radius 1 is 1.16 bits per heavy atom. The number of piperidine rings is 1. The molecule has 2 aromatic rings. The van der Waals surface area contributed by atoms with Crippen molar-refractivity contribution >= 4 is 29.0 Å². The number of aromatic nitrogens is 3. The first kappa shape index (κ1) is 15.9. The van der Waals surface area contributed by atoms with Crippen molar-refractivity contribution in [2.45, 2.75) is 72.1 Å². The highest BCUT2D eigenvalue weighted by atomic mass is 16.6. The van der Waals surface area contributed by atoms with E-state index >= 15 is 0 Å². The number of carbonyl (C=O) groups excluding carboxylic acids is 2. The van der Waals surface area contributed by atoms with Crippen molar-refractivity contribution in [2.75, 3.05) is 25.0 Å². The molecule has 1 aliphatic rings. The van der Waals surface area contributed by atoms with Crippen LogP contribution in [0.25, 0.3) is 11.0 Å². The zero-order valence-electron chi connectivity index (χ0n) is 26.3. The fraction of sp³-hybridized carbons (Fsp3) is 0.652. The highest BCUT2D eigenvalue weighted by Gasteiger charge is 2.35. The van der Waals surface area contributed by atoms with Crippen LogP contribution in [-0.4, -0.2) is 68.9 Å². The largest absolute Gasteiger partial charge is 0.444 e. The fourth-order valence-electron chi connectivity index (χ4n) is 3.38. The molecule has 0 radical (unpaired) electrons. The average molecular weight is 453 g/mol. The number of hydrogen-bond donors (Lipinski definition) is 0. The standard InChI is InChI=1S/C23H35N5O4/c1-15-9-11-27(20(29)31-22(2,3)4)13-17(15)26(8)18-16-10-12-28(19(16)25-14-24-18)21(30)32-23(5,6)7/h10,12,14-15,17H,9,11,13H2,1-8H3/t15-,17+/m1/s1/i1D3,8D3,14D. The van der Waals surface area contributed by atoms with Crippen LogP contribution in [0.15, 0.2) is 18.6 Å². The number of anilines is 1. The van der Waals surface area contributed by atoms with Gasteiger partial charge in [-0.15, -0.1) is 0 Å². The number of likely N-dealkylation sites (tertiary alicyclic amines) is 1. The minimum atomic E-state index is -2.94. The second-order valence-corrected chi connectivity index (χ2v) is 9.81. The summed E-state index contributed by atoms with van der Waals surface area (Å²) >= 11 is 0.